The van der Waals surface area contributed by atoms with Crippen molar-refractivity contribution < 1.29 is 27.7 Å². The Morgan fingerprint density at radius 3 is 2.33 bits per heavy atom. The number of hydrogen-bond acceptors (Lipinski definition) is 7. The summed E-state index contributed by atoms with van der Waals surface area (Å²) in [6.45, 7) is 6.59. The van der Waals surface area contributed by atoms with Gasteiger partial charge in [0.05, 0.1) is 22.6 Å². The van der Waals surface area contributed by atoms with Gasteiger partial charge in [0.15, 0.2) is 0 Å². The zero-order chi connectivity index (χ0) is 31.9. The summed E-state index contributed by atoms with van der Waals surface area (Å²) in [5.41, 5.74) is 0.542. The predicted octanol–water partition coefficient (Wildman–Crippen LogP) is 4.95. The number of amides is 2. The van der Waals surface area contributed by atoms with Gasteiger partial charge in [0.1, 0.15) is 18.3 Å². The minimum Gasteiger partial charge on any atom is -0.495 e. The van der Waals surface area contributed by atoms with Crippen LogP contribution in [0.1, 0.15) is 31.9 Å². The van der Waals surface area contributed by atoms with Crippen LogP contribution in [0.5, 0.6) is 5.75 Å². The molecule has 0 spiro atoms. The fraction of sp³-hybridized carbons (Fsp3) is 0.333. The molecule has 0 aliphatic heterocycles. The van der Waals surface area contributed by atoms with E-state index in [4.69, 9.17) is 16.3 Å². The fourth-order valence-electron chi connectivity index (χ4n) is 4.26. The van der Waals surface area contributed by atoms with E-state index in [0.717, 1.165) is 15.9 Å². The summed E-state index contributed by atoms with van der Waals surface area (Å²) >= 11 is 6.25. The lowest BCUT2D eigenvalue weighted by atomic mass is 10.1. The third-order valence-corrected chi connectivity index (χ3v) is 8.69. The number of anilines is 1. The highest BCUT2D eigenvalue weighted by Crippen LogP contribution is 2.36. The van der Waals surface area contributed by atoms with Gasteiger partial charge in [-0.3, -0.25) is 24.0 Å². The number of sulfonamides is 1. The van der Waals surface area contributed by atoms with Gasteiger partial charge in [-0.15, -0.1) is 0 Å². The number of methoxy groups -OCH3 is 1. The number of halogens is 1. The molecule has 3 aromatic carbocycles. The van der Waals surface area contributed by atoms with Crippen LogP contribution in [0, 0.1) is 23.0 Å². The number of nitro benzene ring substituents is 1. The number of nitrogens with zero attached hydrogens (tertiary/aromatic N) is 3. The van der Waals surface area contributed by atoms with Crippen molar-refractivity contribution in [2.45, 2.75) is 45.2 Å². The molecule has 0 aliphatic rings. The first-order valence-corrected chi connectivity index (χ1v) is 15.3. The molecule has 1 N–H and O–H groups in total. The van der Waals surface area contributed by atoms with Crippen LogP contribution in [0.3, 0.4) is 0 Å². The number of carbonyl (C=O) groups excluding carboxylic acids is 2. The minimum absolute atomic E-state index is 0.0203. The highest BCUT2D eigenvalue weighted by atomic mass is 35.5. The lowest BCUT2D eigenvalue weighted by Crippen LogP contribution is -2.51. The topological polar surface area (TPSA) is 139 Å². The van der Waals surface area contributed by atoms with Crippen molar-refractivity contribution in [1.82, 2.24) is 10.2 Å². The maximum absolute atomic E-state index is 14.2. The van der Waals surface area contributed by atoms with Crippen molar-refractivity contribution in [2.75, 3.05) is 24.5 Å². The van der Waals surface area contributed by atoms with Gasteiger partial charge in [-0.05, 0) is 49.6 Å². The van der Waals surface area contributed by atoms with E-state index < -0.39 is 49.9 Å². The Morgan fingerprint density at radius 1 is 1.05 bits per heavy atom. The first-order valence-electron chi connectivity index (χ1n) is 13.5. The molecule has 0 fully saturated rings. The molecular formula is C30H35ClN4O7S. The number of nitrogens with one attached hydrogen (secondary N) is 1. The molecule has 0 bridgehead atoms. The van der Waals surface area contributed by atoms with E-state index in [1.165, 1.54) is 49.3 Å². The van der Waals surface area contributed by atoms with Crippen LogP contribution < -0.4 is 14.4 Å². The van der Waals surface area contributed by atoms with Gasteiger partial charge in [0, 0.05) is 29.7 Å². The molecule has 0 saturated carbocycles. The number of hydrogen-bond donors (Lipinski definition) is 1. The summed E-state index contributed by atoms with van der Waals surface area (Å²) in [6.07, 6.45) is 0. The maximum Gasteiger partial charge on any atom is 0.273 e. The van der Waals surface area contributed by atoms with E-state index in [2.05, 4.69) is 5.32 Å². The van der Waals surface area contributed by atoms with E-state index in [0.29, 0.717) is 6.54 Å². The Labute approximate surface area is 256 Å². The van der Waals surface area contributed by atoms with Crippen molar-refractivity contribution in [1.29, 1.82) is 0 Å². The zero-order valence-corrected chi connectivity index (χ0v) is 26.2. The quantitative estimate of drug-likeness (QED) is 0.208. The molecule has 13 heteroatoms. The van der Waals surface area contributed by atoms with E-state index in [1.807, 2.05) is 19.9 Å². The molecule has 0 heterocycles. The highest BCUT2D eigenvalue weighted by Gasteiger charge is 2.35. The maximum atomic E-state index is 14.2. The molecule has 2 amide bonds. The van der Waals surface area contributed by atoms with Gasteiger partial charge in [-0.2, -0.15) is 0 Å². The Bertz CT molecular complexity index is 1580. The van der Waals surface area contributed by atoms with Crippen LogP contribution in [-0.4, -0.2) is 56.3 Å². The molecule has 0 aliphatic carbocycles. The monoisotopic (exact) mass is 630 g/mol. The predicted molar refractivity (Wildman–Crippen MR) is 165 cm³/mol. The summed E-state index contributed by atoms with van der Waals surface area (Å²) in [7, 11) is -3.27. The summed E-state index contributed by atoms with van der Waals surface area (Å²) in [6, 6.07) is 15.8. The summed E-state index contributed by atoms with van der Waals surface area (Å²) in [5, 5.41) is 14.6. The van der Waals surface area contributed by atoms with Crippen molar-refractivity contribution in [2.24, 2.45) is 5.92 Å². The summed E-state index contributed by atoms with van der Waals surface area (Å²) in [5.74, 6) is -0.825. The molecule has 3 rings (SSSR count). The van der Waals surface area contributed by atoms with Crippen molar-refractivity contribution in [3.8, 4) is 5.75 Å². The molecule has 0 radical (unpaired) electrons. The normalized spacial score (nSPS) is 12.0. The molecule has 0 unspecified atom stereocenters. The first-order chi connectivity index (χ1) is 20.3. The number of carbonyl (C=O) groups is 2. The van der Waals surface area contributed by atoms with Crippen LogP contribution in [0.15, 0.2) is 71.6 Å². The zero-order valence-electron chi connectivity index (χ0n) is 24.6. The smallest absolute Gasteiger partial charge is 0.273 e. The van der Waals surface area contributed by atoms with Gasteiger partial charge in [0.25, 0.3) is 15.7 Å². The van der Waals surface area contributed by atoms with Crippen LogP contribution in [0.2, 0.25) is 5.02 Å². The van der Waals surface area contributed by atoms with Gasteiger partial charge in [-0.1, -0.05) is 61.8 Å². The van der Waals surface area contributed by atoms with Gasteiger partial charge < -0.3 is 15.0 Å². The molecule has 0 aromatic heterocycles. The number of rotatable bonds is 13. The molecule has 1 atom stereocenters. The summed E-state index contributed by atoms with van der Waals surface area (Å²) < 4.78 is 34.5. The fourth-order valence-corrected chi connectivity index (χ4v) is 5.86. The molecular weight excluding hydrogens is 596 g/mol. The van der Waals surface area contributed by atoms with Crippen molar-refractivity contribution >= 4 is 44.8 Å². The van der Waals surface area contributed by atoms with E-state index in [1.54, 1.807) is 31.2 Å². The second kappa shape index (κ2) is 14.3. The van der Waals surface area contributed by atoms with E-state index >= 15 is 0 Å². The van der Waals surface area contributed by atoms with Crippen LogP contribution in [0.4, 0.5) is 11.4 Å². The third kappa shape index (κ3) is 8.23. The minimum atomic E-state index is -4.60. The Balaban J connectivity index is 2.13. The third-order valence-electron chi connectivity index (χ3n) is 6.70. The Morgan fingerprint density at radius 2 is 1.72 bits per heavy atom. The SMILES string of the molecule is COc1ccc(Cl)cc1N(CC(=O)N(Cc1ccccc1)[C@@H](C)C(=O)NCC(C)C)S(=O)(=O)c1ccc(C)c([N+](=O)[O-])c1. The van der Waals surface area contributed by atoms with Crippen LogP contribution in [0.25, 0.3) is 0 Å². The first kappa shape index (κ1) is 33.3. The summed E-state index contributed by atoms with van der Waals surface area (Å²) in [4.78, 5) is 39.0. The van der Waals surface area contributed by atoms with Gasteiger partial charge in [-0.25, -0.2) is 8.42 Å². The molecule has 230 valence electrons. The molecule has 11 nitrogen and oxygen atoms in total. The highest BCUT2D eigenvalue weighted by molar-refractivity contribution is 7.92. The molecule has 0 saturated heterocycles. The average molecular weight is 631 g/mol. The largest absolute Gasteiger partial charge is 0.495 e. The Kier molecular flexibility index (Phi) is 11.1. The van der Waals surface area contributed by atoms with E-state index in [-0.39, 0.29) is 34.5 Å². The van der Waals surface area contributed by atoms with Gasteiger partial charge in [0.2, 0.25) is 11.8 Å². The van der Waals surface area contributed by atoms with Crippen molar-refractivity contribution in [3.05, 3.63) is 93.0 Å². The number of nitro groups is 1. The molecule has 3 aromatic rings. The van der Waals surface area contributed by atoms with Crippen molar-refractivity contribution in [3.63, 3.8) is 0 Å². The van der Waals surface area contributed by atoms with E-state index in [9.17, 15) is 28.1 Å². The van der Waals surface area contributed by atoms with Crippen LogP contribution >= 0.6 is 11.6 Å². The lowest BCUT2D eigenvalue weighted by Gasteiger charge is -2.32. The number of ether oxygens (including phenoxy) is 1. The second-order valence-electron chi connectivity index (χ2n) is 10.4. The lowest BCUT2D eigenvalue weighted by molar-refractivity contribution is -0.385. The standard InChI is InChI=1S/C30H35ClN4O7S/c1-20(2)17-32-30(37)22(4)33(18-23-9-7-6-8-10-23)29(36)19-34(27-15-24(31)12-14-28(27)42-5)43(40,41)25-13-11-21(3)26(16-25)35(38)39/h6-16,20,22H,17-19H2,1-5H3,(H,32,37)/t22-/m0/s1. The second-order valence-corrected chi connectivity index (χ2v) is 12.7. The Hall–Kier alpha value is -4.16. The van der Waals surface area contributed by atoms with Crippen LogP contribution in [-0.2, 0) is 26.2 Å². The average Bonchev–Trinajstić information content (AvgIpc) is 2.97. The molecule has 43 heavy (non-hydrogen) atoms. The number of aryl methyl sites for hydroxylation is 1. The number of benzene rings is 3. The van der Waals surface area contributed by atoms with Gasteiger partial charge >= 0.3 is 0 Å².